The van der Waals surface area contributed by atoms with Gasteiger partial charge in [0.1, 0.15) is 11.4 Å². The molecule has 3 aromatic rings. The Morgan fingerprint density at radius 1 is 1.24 bits per heavy atom. The second-order valence-corrected chi connectivity index (χ2v) is 8.76. The highest BCUT2D eigenvalue weighted by atomic mass is 16.5. The third-order valence-electron chi connectivity index (χ3n) is 6.25. The van der Waals surface area contributed by atoms with Crippen LogP contribution in [0.5, 0.6) is 5.75 Å². The number of methoxy groups -OCH3 is 1. The monoisotopic (exact) mass is 448 g/mol. The molecule has 0 bridgehead atoms. The van der Waals surface area contributed by atoms with Crippen LogP contribution in [0.1, 0.15) is 56.3 Å². The highest BCUT2D eigenvalue weighted by Gasteiger charge is 2.33. The molecule has 0 spiro atoms. The van der Waals surface area contributed by atoms with Crippen molar-refractivity contribution < 1.29 is 14.3 Å². The lowest BCUT2D eigenvalue weighted by molar-refractivity contribution is 0.0724. The molecule has 0 unspecified atom stereocenters. The number of carbonyl (C=O) groups is 2. The molecule has 1 aliphatic carbocycles. The molecule has 3 heterocycles. The number of aryl methyl sites for hydroxylation is 3. The molecule has 1 aliphatic heterocycles. The number of ether oxygens (including phenoxy) is 1. The second kappa shape index (κ2) is 8.73. The van der Waals surface area contributed by atoms with Crippen LogP contribution in [0.3, 0.4) is 0 Å². The number of fused-ring (bicyclic) bond motifs is 1. The lowest BCUT2D eigenvalue weighted by atomic mass is 10.0. The lowest BCUT2D eigenvalue weighted by Gasteiger charge is -2.27. The molecule has 2 amide bonds. The molecular weight excluding hydrogens is 420 g/mol. The number of hydrogen-bond donors (Lipinski definition) is 2. The van der Waals surface area contributed by atoms with Crippen molar-refractivity contribution in [3.63, 3.8) is 0 Å². The van der Waals surface area contributed by atoms with E-state index in [9.17, 15) is 9.59 Å². The van der Waals surface area contributed by atoms with Gasteiger partial charge in [-0.05, 0) is 49.9 Å². The fraction of sp³-hybridized carbons (Fsp3) is 0.417. The predicted molar refractivity (Wildman–Crippen MR) is 121 cm³/mol. The molecule has 9 nitrogen and oxygen atoms in total. The van der Waals surface area contributed by atoms with E-state index in [1.54, 1.807) is 18.1 Å². The van der Waals surface area contributed by atoms with Gasteiger partial charge in [-0.25, -0.2) is 0 Å². The van der Waals surface area contributed by atoms with Crippen LogP contribution in [0, 0.1) is 6.92 Å². The minimum Gasteiger partial charge on any atom is -0.497 e. The van der Waals surface area contributed by atoms with Gasteiger partial charge in [0.05, 0.1) is 13.7 Å². The molecule has 1 aromatic carbocycles. The van der Waals surface area contributed by atoms with E-state index in [2.05, 4.69) is 15.5 Å². The van der Waals surface area contributed by atoms with Crippen molar-refractivity contribution in [1.29, 1.82) is 0 Å². The predicted octanol–water partition coefficient (Wildman–Crippen LogP) is 2.26. The van der Waals surface area contributed by atoms with Crippen molar-refractivity contribution in [2.45, 2.75) is 51.7 Å². The molecule has 172 valence electrons. The summed E-state index contributed by atoms with van der Waals surface area (Å²) >= 11 is 0. The van der Waals surface area contributed by atoms with Gasteiger partial charge >= 0.3 is 0 Å². The summed E-state index contributed by atoms with van der Waals surface area (Å²) in [6.07, 6.45) is 3.46. The molecule has 1 fully saturated rings. The standard InChI is InChI=1S/C24H28N6O3/c1-15-13-20(27-26-15)24(32)29-11-10-21-19(14-29)22(23(31)25-17-5-6-17)28-30(21)12-9-16-3-7-18(33-2)8-4-16/h3-4,7-8,13,17H,5-6,9-12,14H2,1-2H3,(H,25,31)(H,26,27). The van der Waals surface area contributed by atoms with Gasteiger partial charge in [-0.1, -0.05) is 12.1 Å². The zero-order valence-electron chi connectivity index (χ0n) is 18.9. The van der Waals surface area contributed by atoms with Gasteiger partial charge in [0.25, 0.3) is 11.8 Å². The quantitative estimate of drug-likeness (QED) is 0.577. The Labute approximate surface area is 192 Å². The summed E-state index contributed by atoms with van der Waals surface area (Å²) in [5.74, 6) is 0.539. The molecule has 2 N–H and O–H groups in total. The van der Waals surface area contributed by atoms with Gasteiger partial charge < -0.3 is 15.0 Å². The number of nitrogens with zero attached hydrogens (tertiary/aromatic N) is 4. The Hall–Kier alpha value is -3.62. The Morgan fingerprint density at radius 2 is 2.03 bits per heavy atom. The Balaban J connectivity index is 1.38. The minimum atomic E-state index is -0.151. The van der Waals surface area contributed by atoms with Gasteiger partial charge in [0.2, 0.25) is 0 Å². The van der Waals surface area contributed by atoms with Gasteiger partial charge in [0.15, 0.2) is 5.69 Å². The van der Waals surface area contributed by atoms with E-state index in [0.29, 0.717) is 37.4 Å². The fourth-order valence-electron chi connectivity index (χ4n) is 4.23. The molecule has 0 atom stereocenters. The summed E-state index contributed by atoms with van der Waals surface area (Å²) in [6.45, 7) is 3.45. The minimum absolute atomic E-state index is 0.135. The van der Waals surface area contributed by atoms with Crippen LogP contribution in [0.2, 0.25) is 0 Å². The molecule has 33 heavy (non-hydrogen) atoms. The first-order chi connectivity index (χ1) is 16.0. The van der Waals surface area contributed by atoms with Crippen molar-refractivity contribution in [3.05, 3.63) is 64.2 Å². The van der Waals surface area contributed by atoms with Gasteiger partial charge in [-0.15, -0.1) is 0 Å². The lowest BCUT2D eigenvalue weighted by Crippen LogP contribution is -2.37. The smallest absolute Gasteiger partial charge is 0.274 e. The first-order valence-electron chi connectivity index (χ1n) is 11.4. The summed E-state index contributed by atoms with van der Waals surface area (Å²) in [5.41, 5.74) is 4.72. The van der Waals surface area contributed by atoms with E-state index in [-0.39, 0.29) is 17.9 Å². The van der Waals surface area contributed by atoms with Crippen molar-refractivity contribution in [2.75, 3.05) is 13.7 Å². The van der Waals surface area contributed by atoms with Crippen molar-refractivity contribution >= 4 is 11.8 Å². The largest absolute Gasteiger partial charge is 0.497 e. The highest BCUT2D eigenvalue weighted by Crippen LogP contribution is 2.26. The number of carbonyl (C=O) groups excluding carboxylic acids is 2. The van der Waals surface area contributed by atoms with Crippen LogP contribution in [-0.2, 0) is 25.9 Å². The summed E-state index contributed by atoms with van der Waals surface area (Å²) in [6, 6.07) is 9.97. The van der Waals surface area contributed by atoms with E-state index in [1.165, 1.54) is 5.56 Å². The van der Waals surface area contributed by atoms with E-state index >= 15 is 0 Å². The maximum absolute atomic E-state index is 13.0. The fourth-order valence-corrected chi connectivity index (χ4v) is 4.23. The van der Waals surface area contributed by atoms with Crippen molar-refractivity contribution in [1.82, 2.24) is 30.2 Å². The zero-order valence-corrected chi connectivity index (χ0v) is 18.9. The van der Waals surface area contributed by atoms with Crippen LogP contribution in [0.4, 0.5) is 0 Å². The Bertz CT molecular complexity index is 1180. The van der Waals surface area contributed by atoms with E-state index < -0.39 is 0 Å². The van der Waals surface area contributed by atoms with E-state index in [1.807, 2.05) is 35.9 Å². The molecule has 0 saturated heterocycles. The van der Waals surface area contributed by atoms with Crippen LogP contribution in [-0.4, -0.2) is 56.4 Å². The van der Waals surface area contributed by atoms with Crippen molar-refractivity contribution in [2.24, 2.45) is 0 Å². The Kier molecular flexibility index (Phi) is 5.62. The number of hydrogen-bond acceptors (Lipinski definition) is 5. The SMILES string of the molecule is COc1ccc(CCn2nc(C(=O)NC3CC3)c3c2CCN(C(=O)c2cc(C)[nH]n2)C3)cc1. The number of benzene rings is 1. The molecule has 5 rings (SSSR count). The zero-order chi connectivity index (χ0) is 22.9. The number of nitrogens with one attached hydrogen (secondary N) is 2. The number of aromatic amines is 1. The highest BCUT2D eigenvalue weighted by molar-refractivity contribution is 5.95. The van der Waals surface area contributed by atoms with E-state index in [0.717, 1.165) is 42.0 Å². The number of amides is 2. The summed E-state index contributed by atoms with van der Waals surface area (Å²) in [7, 11) is 1.65. The molecular formula is C24H28N6O3. The number of rotatable bonds is 7. The summed E-state index contributed by atoms with van der Waals surface area (Å²) < 4.78 is 7.18. The number of H-pyrrole nitrogens is 1. The normalized spacial score (nSPS) is 15.3. The number of aromatic nitrogens is 4. The molecule has 2 aromatic heterocycles. The van der Waals surface area contributed by atoms with E-state index in [4.69, 9.17) is 9.84 Å². The molecule has 0 radical (unpaired) electrons. The molecule has 9 heteroatoms. The van der Waals surface area contributed by atoms with Gasteiger partial charge in [-0.2, -0.15) is 10.2 Å². The Morgan fingerprint density at radius 3 is 2.70 bits per heavy atom. The maximum Gasteiger partial charge on any atom is 0.274 e. The third kappa shape index (κ3) is 4.48. The maximum atomic E-state index is 13.0. The van der Waals surface area contributed by atoms with Gasteiger partial charge in [0, 0.05) is 42.5 Å². The van der Waals surface area contributed by atoms with Crippen LogP contribution >= 0.6 is 0 Å². The van der Waals surface area contributed by atoms with Crippen LogP contribution in [0.15, 0.2) is 30.3 Å². The third-order valence-corrected chi connectivity index (χ3v) is 6.25. The average molecular weight is 449 g/mol. The van der Waals surface area contributed by atoms with Crippen LogP contribution < -0.4 is 10.1 Å². The molecule has 2 aliphatic rings. The first kappa shape index (κ1) is 21.2. The van der Waals surface area contributed by atoms with Crippen molar-refractivity contribution in [3.8, 4) is 5.75 Å². The first-order valence-corrected chi connectivity index (χ1v) is 11.4. The van der Waals surface area contributed by atoms with Gasteiger partial charge in [-0.3, -0.25) is 19.4 Å². The summed E-state index contributed by atoms with van der Waals surface area (Å²) in [4.78, 5) is 27.7. The summed E-state index contributed by atoms with van der Waals surface area (Å²) in [5, 5.41) is 14.7. The topological polar surface area (TPSA) is 105 Å². The second-order valence-electron chi connectivity index (χ2n) is 8.76. The average Bonchev–Trinajstić information content (AvgIpc) is 3.42. The molecule has 1 saturated carbocycles. The van der Waals surface area contributed by atoms with Crippen LogP contribution in [0.25, 0.3) is 0 Å².